The van der Waals surface area contributed by atoms with Crippen LogP contribution >= 0.6 is 11.8 Å². The molecule has 33 heavy (non-hydrogen) atoms. The van der Waals surface area contributed by atoms with E-state index in [1.165, 1.54) is 6.92 Å². The number of thioether (sulfide) groups is 1. The Labute approximate surface area is 198 Å². The smallest absolute Gasteiger partial charge is 0.221 e. The molecular formula is C26H28N2O4S. The Bertz CT molecular complexity index is 1040. The molecule has 0 bridgehead atoms. The molecule has 0 unspecified atom stereocenters. The number of hydrogen-bond donors (Lipinski definition) is 2. The van der Waals surface area contributed by atoms with E-state index in [0.29, 0.717) is 0 Å². The van der Waals surface area contributed by atoms with Crippen LogP contribution in [0.15, 0.2) is 78.0 Å². The van der Waals surface area contributed by atoms with Crippen LogP contribution in [-0.2, 0) is 20.9 Å². The zero-order valence-corrected chi connectivity index (χ0v) is 19.5. The van der Waals surface area contributed by atoms with Gasteiger partial charge < -0.3 is 19.9 Å². The zero-order chi connectivity index (χ0) is 23.2. The number of pyridine rings is 1. The summed E-state index contributed by atoms with van der Waals surface area (Å²) in [4.78, 5) is 15.7. The van der Waals surface area contributed by atoms with Crippen molar-refractivity contribution in [1.82, 2.24) is 4.98 Å². The molecule has 172 valence electrons. The lowest BCUT2D eigenvalue weighted by atomic mass is 9.91. The number of aromatic nitrogens is 1. The second kappa shape index (κ2) is 10.9. The summed E-state index contributed by atoms with van der Waals surface area (Å²) in [5.41, 5.74) is 3.54. The van der Waals surface area contributed by atoms with Crippen molar-refractivity contribution in [3.63, 3.8) is 0 Å². The third-order valence-corrected chi connectivity index (χ3v) is 6.69. The number of benzene rings is 2. The van der Waals surface area contributed by atoms with Gasteiger partial charge in [0.15, 0.2) is 6.29 Å². The van der Waals surface area contributed by atoms with Crippen LogP contribution in [0, 0.1) is 5.92 Å². The Balaban J connectivity index is 1.57. The second-order valence-corrected chi connectivity index (χ2v) is 9.14. The molecule has 1 fully saturated rings. The normalized spacial score (nSPS) is 22.6. The topological polar surface area (TPSA) is 80.7 Å². The first-order valence-corrected chi connectivity index (χ1v) is 11.9. The van der Waals surface area contributed by atoms with Gasteiger partial charge >= 0.3 is 0 Å². The highest BCUT2D eigenvalue weighted by molar-refractivity contribution is 7.99. The predicted molar refractivity (Wildman–Crippen MR) is 129 cm³/mol. The number of aliphatic hydroxyl groups is 1. The van der Waals surface area contributed by atoms with Crippen molar-refractivity contribution >= 4 is 23.4 Å². The van der Waals surface area contributed by atoms with E-state index in [2.05, 4.69) is 17.2 Å². The van der Waals surface area contributed by atoms with Crippen molar-refractivity contribution in [1.29, 1.82) is 0 Å². The van der Waals surface area contributed by atoms with E-state index >= 15 is 0 Å². The van der Waals surface area contributed by atoms with Crippen LogP contribution in [0.3, 0.4) is 0 Å². The molecule has 0 radical (unpaired) electrons. The number of ether oxygens (including phenoxy) is 2. The Kier molecular flexibility index (Phi) is 7.77. The van der Waals surface area contributed by atoms with Gasteiger partial charge in [0, 0.05) is 36.0 Å². The number of nitrogens with one attached hydrogen (secondary N) is 1. The van der Waals surface area contributed by atoms with E-state index in [1.807, 2.05) is 66.7 Å². The predicted octanol–water partition coefficient (Wildman–Crippen LogP) is 5.12. The minimum Gasteiger partial charge on any atom is -0.392 e. The van der Waals surface area contributed by atoms with Gasteiger partial charge in [0.25, 0.3) is 0 Å². The molecule has 0 aliphatic carbocycles. The number of nitrogens with zero attached hydrogens (tertiary/aromatic N) is 1. The van der Waals surface area contributed by atoms with Gasteiger partial charge in [-0.2, -0.15) is 0 Å². The summed E-state index contributed by atoms with van der Waals surface area (Å²) in [6.07, 6.45) is 1.03. The molecule has 2 aromatic carbocycles. The maximum Gasteiger partial charge on any atom is 0.221 e. The molecule has 4 rings (SSSR count). The van der Waals surface area contributed by atoms with Gasteiger partial charge in [0.05, 0.1) is 23.8 Å². The number of rotatable bonds is 7. The van der Waals surface area contributed by atoms with E-state index < -0.39 is 6.29 Å². The van der Waals surface area contributed by atoms with E-state index in [1.54, 1.807) is 18.0 Å². The van der Waals surface area contributed by atoms with Gasteiger partial charge in [-0.3, -0.25) is 4.79 Å². The summed E-state index contributed by atoms with van der Waals surface area (Å²) >= 11 is 1.67. The number of hydrogen-bond acceptors (Lipinski definition) is 6. The summed E-state index contributed by atoms with van der Waals surface area (Å²) in [7, 11) is 0. The molecule has 1 amide bonds. The number of anilines is 1. The van der Waals surface area contributed by atoms with Crippen LogP contribution < -0.4 is 5.32 Å². The average Bonchev–Trinajstić information content (AvgIpc) is 2.84. The van der Waals surface area contributed by atoms with Gasteiger partial charge in [0.2, 0.25) is 5.91 Å². The van der Waals surface area contributed by atoms with E-state index in [0.717, 1.165) is 33.2 Å². The Morgan fingerprint density at radius 1 is 1.03 bits per heavy atom. The van der Waals surface area contributed by atoms with Crippen molar-refractivity contribution in [2.75, 3.05) is 11.1 Å². The van der Waals surface area contributed by atoms with Crippen LogP contribution in [-0.4, -0.2) is 27.9 Å². The summed E-state index contributed by atoms with van der Waals surface area (Å²) in [5.74, 6) is 0.739. The summed E-state index contributed by atoms with van der Waals surface area (Å²) in [6, 6.07) is 21.3. The fraction of sp³-hybridized carbons (Fsp3) is 0.308. The van der Waals surface area contributed by atoms with Crippen LogP contribution in [0.1, 0.15) is 42.9 Å². The minimum atomic E-state index is -0.538. The molecule has 1 aromatic heterocycles. The van der Waals surface area contributed by atoms with Gasteiger partial charge in [-0.25, -0.2) is 4.98 Å². The first kappa shape index (κ1) is 23.4. The molecule has 0 spiro atoms. The third-order valence-electron chi connectivity index (χ3n) is 5.66. The molecule has 2 heterocycles. The monoisotopic (exact) mass is 464 g/mol. The number of carbonyl (C=O) groups excluding carboxylic acids is 1. The molecule has 7 heteroatoms. The van der Waals surface area contributed by atoms with Crippen molar-refractivity contribution < 1.29 is 19.4 Å². The van der Waals surface area contributed by atoms with Crippen molar-refractivity contribution in [2.24, 2.45) is 5.92 Å². The summed E-state index contributed by atoms with van der Waals surface area (Å²) < 4.78 is 12.9. The lowest BCUT2D eigenvalue weighted by Crippen LogP contribution is -2.38. The highest BCUT2D eigenvalue weighted by Crippen LogP contribution is 2.43. The molecular weight excluding hydrogens is 436 g/mol. The second-order valence-electron chi connectivity index (χ2n) is 8.10. The number of amides is 1. The van der Waals surface area contributed by atoms with Crippen LogP contribution in [0.4, 0.5) is 5.69 Å². The maximum absolute atomic E-state index is 11.3. The lowest BCUT2D eigenvalue weighted by Gasteiger charge is -2.41. The number of carbonyl (C=O) groups is 1. The highest BCUT2D eigenvalue weighted by Gasteiger charge is 2.38. The fourth-order valence-electron chi connectivity index (χ4n) is 3.84. The standard InChI is InChI=1S/C26H28N2O4S/c1-17-23(16-33-24-5-3-4-14-27-24)31-26(21-10-12-22(13-11-21)28-18(2)30)32-25(17)20-8-6-19(15-29)7-9-20/h3-14,17,23,25-26,29H,15-16H2,1-2H3,(H,28,30)/t17-,23+,25+,26+/m1/s1. The Hall–Kier alpha value is -2.71. The Morgan fingerprint density at radius 3 is 2.39 bits per heavy atom. The molecule has 1 saturated heterocycles. The molecule has 6 nitrogen and oxygen atoms in total. The van der Waals surface area contributed by atoms with Crippen LogP contribution in [0.5, 0.6) is 0 Å². The SMILES string of the molecule is CC(=O)Nc1ccc([C@H]2O[C@@H](CSc3ccccn3)[C@@H](C)[C@@H](c3ccc(CO)cc3)O2)cc1. The lowest BCUT2D eigenvalue weighted by molar-refractivity contribution is -0.268. The zero-order valence-electron chi connectivity index (χ0n) is 18.7. The van der Waals surface area contributed by atoms with Crippen LogP contribution in [0.2, 0.25) is 0 Å². The van der Waals surface area contributed by atoms with E-state index in [4.69, 9.17) is 9.47 Å². The van der Waals surface area contributed by atoms with Crippen molar-refractivity contribution in [2.45, 2.75) is 44.0 Å². The summed E-state index contributed by atoms with van der Waals surface area (Å²) in [6.45, 7) is 3.64. The molecule has 1 aliphatic heterocycles. The third kappa shape index (κ3) is 6.00. The molecule has 4 atom stereocenters. The summed E-state index contributed by atoms with van der Waals surface area (Å²) in [5, 5.41) is 13.1. The largest absolute Gasteiger partial charge is 0.392 e. The average molecular weight is 465 g/mol. The van der Waals surface area contributed by atoms with Gasteiger partial charge in [0.1, 0.15) is 0 Å². The highest BCUT2D eigenvalue weighted by atomic mass is 32.2. The van der Waals surface area contributed by atoms with Gasteiger partial charge in [-0.15, -0.1) is 11.8 Å². The quantitative estimate of drug-likeness (QED) is 0.473. The molecule has 3 aromatic rings. The van der Waals surface area contributed by atoms with E-state index in [-0.39, 0.29) is 30.6 Å². The minimum absolute atomic E-state index is 0.0110. The van der Waals surface area contributed by atoms with Crippen molar-refractivity contribution in [3.8, 4) is 0 Å². The molecule has 2 N–H and O–H groups in total. The molecule has 1 aliphatic rings. The first-order valence-electron chi connectivity index (χ1n) is 11.0. The number of aliphatic hydroxyl groups excluding tert-OH is 1. The maximum atomic E-state index is 11.3. The van der Waals surface area contributed by atoms with E-state index in [9.17, 15) is 9.90 Å². The fourth-order valence-corrected chi connectivity index (χ4v) is 4.86. The van der Waals surface area contributed by atoms with Crippen molar-refractivity contribution in [3.05, 3.63) is 89.6 Å². The van der Waals surface area contributed by atoms with Gasteiger partial charge in [-0.1, -0.05) is 49.4 Å². The van der Waals surface area contributed by atoms with Crippen LogP contribution in [0.25, 0.3) is 0 Å². The molecule has 0 saturated carbocycles. The first-order chi connectivity index (χ1) is 16.0. The van der Waals surface area contributed by atoms with Gasteiger partial charge in [-0.05, 0) is 35.4 Å². The Morgan fingerprint density at radius 2 is 1.76 bits per heavy atom.